The Labute approximate surface area is 99.4 Å². The molecule has 0 radical (unpaired) electrons. The smallest absolute Gasteiger partial charge is 0.316 e. The molecule has 0 aliphatic rings. The zero-order chi connectivity index (χ0) is 12.8. The zero-order valence-electron chi connectivity index (χ0n) is 9.57. The van der Waals surface area contributed by atoms with Crippen LogP contribution in [0.3, 0.4) is 0 Å². The van der Waals surface area contributed by atoms with Gasteiger partial charge < -0.3 is 22.1 Å². The molecule has 0 fully saturated rings. The van der Waals surface area contributed by atoms with E-state index in [0.717, 1.165) is 0 Å². The predicted octanol–water partition coefficient (Wildman–Crippen LogP) is 0.853. The molecule has 1 aromatic rings. The Morgan fingerprint density at radius 1 is 1.18 bits per heavy atom. The molecule has 6 nitrogen and oxygen atoms in total. The number of carbonyl (C=O) groups excluding carboxylic acids is 2. The van der Waals surface area contributed by atoms with Gasteiger partial charge >= 0.3 is 6.03 Å². The molecule has 0 bridgehead atoms. The van der Waals surface area contributed by atoms with Crippen LogP contribution in [-0.4, -0.2) is 18.0 Å². The Kier molecular flexibility index (Phi) is 4.47. The van der Waals surface area contributed by atoms with Crippen LogP contribution < -0.4 is 22.1 Å². The SMILES string of the molecule is CCC(N)C(=O)Nc1ccc(NC(N)=O)cc1. The highest BCUT2D eigenvalue weighted by Gasteiger charge is 2.10. The standard InChI is InChI=1S/C11H16N4O2/c1-2-9(12)10(16)14-7-3-5-8(6-4-7)15-11(13)17/h3-6,9H,2,12H2,1H3,(H,14,16)(H3,13,15,17). The highest BCUT2D eigenvalue weighted by molar-refractivity contribution is 5.95. The van der Waals surface area contributed by atoms with Crippen LogP contribution in [0.25, 0.3) is 0 Å². The highest BCUT2D eigenvalue weighted by Crippen LogP contribution is 2.13. The van der Waals surface area contributed by atoms with Crippen LogP contribution in [0.1, 0.15) is 13.3 Å². The van der Waals surface area contributed by atoms with E-state index in [1.54, 1.807) is 24.3 Å². The van der Waals surface area contributed by atoms with Gasteiger partial charge in [0.05, 0.1) is 6.04 Å². The summed E-state index contributed by atoms with van der Waals surface area (Å²) in [7, 11) is 0. The Hall–Kier alpha value is -2.08. The number of benzene rings is 1. The lowest BCUT2D eigenvalue weighted by molar-refractivity contribution is -0.117. The van der Waals surface area contributed by atoms with Crippen molar-refractivity contribution >= 4 is 23.3 Å². The summed E-state index contributed by atoms with van der Waals surface area (Å²) in [5.41, 5.74) is 11.7. The van der Waals surface area contributed by atoms with Crippen molar-refractivity contribution < 1.29 is 9.59 Å². The average Bonchev–Trinajstić information content (AvgIpc) is 2.30. The maximum Gasteiger partial charge on any atom is 0.316 e. The Balaban J connectivity index is 2.62. The van der Waals surface area contributed by atoms with Crippen molar-refractivity contribution in [2.24, 2.45) is 11.5 Å². The lowest BCUT2D eigenvalue weighted by Crippen LogP contribution is -2.34. The molecule has 0 heterocycles. The number of nitrogens with one attached hydrogen (secondary N) is 2. The molecular formula is C11H16N4O2. The van der Waals surface area contributed by atoms with Gasteiger partial charge in [0.25, 0.3) is 0 Å². The van der Waals surface area contributed by atoms with Gasteiger partial charge in [0.2, 0.25) is 5.91 Å². The number of primary amides is 1. The minimum absolute atomic E-state index is 0.233. The zero-order valence-corrected chi connectivity index (χ0v) is 9.57. The third kappa shape index (κ3) is 4.12. The van der Waals surface area contributed by atoms with Gasteiger partial charge in [-0.3, -0.25) is 4.79 Å². The monoisotopic (exact) mass is 236 g/mol. The predicted molar refractivity (Wildman–Crippen MR) is 66.5 cm³/mol. The molecule has 0 aromatic heterocycles. The second-order valence-corrected chi connectivity index (χ2v) is 3.57. The fourth-order valence-electron chi connectivity index (χ4n) is 1.20. The number of nitrogens with two attached hydrogens (primary N) is 2. The molecule has 6 heteroatoms. The number of hydrogen-bond donors (Lipinski definition) is 4. The Morgan fingerprint density at radius 2 is 1.65 bits per heavy atom. The summed E-state index contributed by atoms with van der Waals surface area (Å²) >= 11 is 0. The molecule has 1 rings (SSSR count). The molecule has 1 aromatic carbocycles. The van der Waals surface area contributed by atoms with Crippen molar-refractivity contribution in [3.05, 3.63) is 24.3 Å². The summed E-state index contributed by atoms with van der Waals surface area (Å²) in [4.78, 5) is 22.1. The van der Waals surface area contributed by atoms with Gasteiger partial charge in [0, 0.05) is 11.4 Å². The normalized spacial score (nSPS) is 11.6. The van der Waals surface area contributed by atoms with Crippen molar-refractivity contribution in [2.75, 3.05) is 10.6 Å². The van der Waals surface area contributed by atoms with Crippen molar-refractivity contribution in [3.63, 3.8) is 0 Å². The fraction of sp³-hybridized carbons (Fsp3) is 0.273. The molecule has 0 saturated carbocycles. The summed E-state index contributed by atoms with van der Waals surface area (Å²) in [5.74, 6) is -0.233. The molecule has 0 aliphatic heterocycles. The van der Waals surface area contributed by atoms with E-state index in [1.807, 2.05) is 6.92 Å². The first-order valence-corrected chi connectivity index (χ1v) is 5.26. The van der Waals surface area contributed by atoms with Crippen LogP contribution in [0.5, 0.6) is 0 Å². The molecule has 1 unspecified atom stereocenters. The van der Waals surface area contributed by atoms with Crippen LogP contribution in [0.4, 0.5) is 16.2 Å². The summed E-state index contributed by atoms with van der Waals surface area (Å²) in [5, 5.41) is 5.09. The topological polar surface area (TPSA) is 110 Å². The van der Waals surface area contributed by atoms with Gasteiger partial charge in [-0.15, -0.1) is 0 Å². The fourth-order valence-corrected chi connectivity index (χ4v) is 1.20. The van der Waals surface area contributed by atoms with E-state index in [9.17, 15) is 9.59 Å². The van der Waals surface area contributed by atoms with Crippen LogP contribution in [0.2, 0.25) is 0 Å². The number of amides is 3. The number of anilines is 2. The summed E-state index contributed by atoms with van der Waals surface area (Å²) in [6.45, 7) is 1.84. The van der Waals surface area contributed by atoms with Crippen molar-refractivity contribution in [2.45, 2.75) is 19.4 Å². The number of hydrogen-bond acceptors (Lipinski definition) is 3. The molecule has 0 aliphatic carbocycles. The molecule has 92 valence electrons. The first-order valence-electron chi connectivity index (χ1n) is 5.26. The number of carbonyl (C=O) groups is 2. The van der Waals surface area contributed by atoms with Gasteiger partial charge in [-0.2, -0.15) is 0 Å². The van der Waals surface area contributed by atoms with E-state index in [0.29, 0.717) is 17.8 Å². The van der Waals surface area contributed by atoms with Crippen molar-refractivity contribution in [3.8, 4) is 0 Å². The molecule has 6 N–H and O–H groups in total. The van der Waals surface area contributed by atoms with E-state index >= 15 is 0 Å². The summed E-state index contributed by atoms with van der Waals surface area (Å²) in [6, 6.07) is 5.44. The molecule has 0 saturated heterocycles. The van der Waals surface area contributed by atoms with Gasteiger partial charge in [-0.05, 0) is 30.7 Å². The van der Waals surface area contributed by atoms with Gasteiger partial charge in [0.1, 0.15) is 0 Å². The summed E-state index contributed by atoms with van der Waals surface area (Å²) in [6.07, 6.45) is 0.577. The molecule has 17 heavy (non-hydrogen) atoms. The van der Waals surface area contributed by atoms with E-state index in [2.05, 4.69) is 10.6 Å². The Bertz CT molecular complexity index is 402. The maximum absolute atomic E-state index is 11.5. The largest absolute Gasteiger partial charge is 0.351 e. The third-order valence-electron chi connectivity index (χ3n) is 2.20. The number of urea groups is 1. The maximum atomic E-state index is 11.5. The Morgan fingerprint density at radius 3 is 2.06 bits per heavy atom. The van der Waals surface area contributed by atoms with Crippen LogP contribution in [-0.2, 0) is 4.79 Å². The minimum Gasteiger partial charge on any atom is -0.351 e. The van der Waals surface area contributed by atoms with Gasteiger partial charge in [-0.25, -0.2) is 4.79 Å². The second-order valence-electron chi connectivity index (χ2n) is 3.57. The quantitative estimate of drug-likeness (QED) is 0.622. The van der Waals surface area contributed by atoms with Crippen LogP contribution >= 0.6 is 0 Å². The second kappa shape index (κ2) is 5.86. The van der Waals surface area contributed by atoms with Crippen molar-refractivity contribution in [1.29, 1.82) is 0 Å². The number of rotatable bonds is 4. The van der Waals surface area contributed by atoms with Gasteiger partial charge in [-0.1, -0.05) is 6.92 Å². The van der Waals surface area contributed by atoms with Crippen molar-refractivity contribution in [1.82, 2.24) is 0 Å². The lowest BCUT2D eigenvalue weighted by Gasteiger charge is -2.10. The van der Waals surface area contributed by atoms with Crippen LogP contribution in [0, 0.1) is 0 Å². The van der Waals surface area contributed by atoms with E-state index in [-0.39, 0.29) is 5.91 Å². The lowest BCUT2D eigenvalue weighted by atomic mass is 10.2. The molecule has 3 amide bonds. The first kappa shape index (κ1) is 13.0. The van der Waals surface area contributed by atoms with Crippen LogP contribution in [0.15, 0.2) is 24.3 Å². The minimum atomic E-state index is -0.630. The van der Waals surface area contributed by atoms with E-state index < -0.39 is 12.1 Å². The molecule has 1 atom stereocenters. The first-order chi connectivity index (χ1) is 8.02. The molecule has 0 spiro atoms. The van der Waals surface area contributed by atoms with E-state index in [1.165, 1.54) is 0 Å². The summed E-state index contributed by atoms with van der Waals surface area (Å²) < 4.78 is 0. The van der Waals surface area contributed by atoms with E-state index in [4.69, 9.17) is 11.5 Å². The molecular weight excluding hydrogens is 220 g/mol. The third-order valence-corrected chi connectivity index (χ3v) is 2.20. The highest BCUT2D eigenvalue weighted by atomic mass is 16.2. The van der Waals surface area contributed by atoms with Gasteiger partial charge in [0.15, 0.2) is 0 Å². The average molecular weight is 236 g/mol.